The molecular weight excluding hydrogens is 343 g/mol. The molecular formula is C18H27FN2O3S. The third kappa shape index (κ3) is 5.00. The Balaban J connectivity index is 1.58. The molecule has 1 aromatic carbocycles. The first-order valence-electron chi connectivity index (χ1n) is 8.83. The average Bonchev–Trinajstić information content (AvgIpc) is 2.52. The first-order chi connectivity index (χ1) is 11.7. The van der Waals surface area contributed by atoms with Gasteiger partial charge in [0.25, 0.3) is 0 Å². The zero-order valence-electron chi connectivity index (χ0n) is 14.9. The Morgan fingerprint density at radius 2 is 2.08 bits per heavy atom. The van der Waals surface area contributed by atoms with Gasteiger partial charge in [0.1, 0.15) is 5.82 Å². The van der Waals surface area contributed by atoms with Crippen LogP contribution in [-0.4, -0.2) is 50.9 Å². The molecule has 2 aliphatic rings. The minimum atomic E-state index is -3.20. The minimum Gasteiger partial charge on any atom is -0.375 e. The Morgan fingerprint density at radius 3 is 2.76 bits per heavy atom. The fraction of sp³-hybridized carbons (Fsp3) is 0.667. The second-order valence-corrected chi connectivity index (χ2v) is 9.26. The largest absolute Gasteiger partial charge is 0.375 e. The number of sulfonamides is 1. The molecule has 2 saturated heterocycles. The van der Waals surface area contributed by atoms with E-state index in [0.29, 0.717) is 26.0 Å². The molecule has 0 bridgehead atoms. The monoisotopic (exact) mass is 370 g/mol. The molecule has 2 fully saturated rings. The number of ether oxygens (including phenoxy) is 1. The van der Waals surface area contributed by atoms with Crippen LogP contribution in [0.25, 0.3) is 0 Å². The summed E-state index contributed by atoms with van der Waals surface area (Å²) < 4.78 is 45.7. The molecule has 2 aliphatic heterocycles. The van der Waals surface area contributed by atoms with Crippen LogP contribution in [0.15, 0.2) is 18.2 Å². The van der Waals surface area contributed by atoms with Crippen LogP contribution < -0.4 is 4.72 Å². The van der Waals surface area contributed by atoms with Crippen molar-refractivity contribution in [3.8, 4) is 0 Å². The number of nitrogens with one attached hydrogen (secondary N) is 1. The van der Waals surface area contributed by atoms with E-state index in [9.17, 15) is 12.8 Å². The number of aryl methyl sites for hydroxylation is 1. The number of likely N-dealkylation sites (tertiary alicyclic amines) is 1. The maximum Gasteiger partial charge on any atom is 0.208 e. The van der Waals surface area contributed by atoms with Gasteiger partial charge in [-0.2, -0.15) is 0 Å². The van der Waals surface area contributed by atoms with Gasteiger partial charge in [0.05, 0.1) is 11.9 Å². The van der Waals surface area contributed by atoms with Gasteiger partial charge in [-0.25, -0.2) is 17.5 Å². The standard InChI is InChI=1S/C18H27FN2O3S/c1-14-3-4-17(19)15(11-14)13-21-8-6-18(7-9-21)12-16(5-10-24-18)20-25(2,22)23/h3-4,11,16,20H,5-10,12-13H2,1-2H3/t16-/m0/s1. The molecule has 140 valence electrons. The van der Waals surface area contributed by atoms with E-state index in [1.54, 1.807) is 6.07 Å². The summed E-state index contributed by atoms with van der Waals surface area (Å²) in [6.45, 7) is 4.82. The fourth-order valence-electron chi connectivity index (χ4n) is 3.96. The van der Waals surface area contributed by atoms with Crippen molar-refractivity contribution in [1.82, 2.24) is 9.62 Å². The van der Waals surface area contributed by atoms with E-state index in [1.807, 2.05) is 13.0 Å². The molecule has 0 saturated carbocycles. The molecule has 25 heavy (non-hydrogen) atoms. The number of nitrogens with zero attached hydrogens (tertiary/aromatic N) is 1. The predicted octanol–water partition coefficient (Wildman–Crippen LogP) is 2.20. The third-order valence-corrected chi connectivity index (χ3v) is 6.00. The SMILES string of the molecule is Cc1ccc(F)c(CN2CCC3(CC2)C[C@@H](NS(C)(=O)=O)CCO3)c1. The van der Waals surface area contributed by atoms with Gasteiger partial charge in [-0.1, -0.05) is 17.7 Å². The molecule has 0 radical (unpaired) electrons. The third-order valence-electron chi connectivity index (χ3n) is 5.24. The molecule has 1 aromatic rings. The van der Waals surface area contributed by atoms with Crippen LogP contribution in [0.4, 0.5) is 4.39 Å². The highest BCUT2D eigenvalue weighted by Gasteiger charge is 2.40. The van der Waals surface area contributed by atoms with Gasteiger partial charge in [-0.3, -0.25) is 4.90 Å². The average molecular weight is 370 g/mol. The summed E-state index contributed by atoms with van der Waals surface area (Å²) in [5.41, 5.74) is 1.55. The lowest BCUT2D eigenvalue weighted by molar-refractivity contribution is -0.118. The summed E-state index contributed by atoms with van der Waals surface area (Å²) in [5, 5.41) is 0. The molecule has 1 N–H and O–H groups in total. The summed E-state index contributed by atoms with van der Waals surface area (Å²) in [7, 11) is -3.20. The van der Waals surface area contributed by atoms with Crippen LogP contribution in [0, 0.1) is 12.7 Å². The van der Waals surface area contributed by atoms with Gasteiger partial charge >= 0.3 is 0 Å². The first-order valence-corrected chi connectivity index (χ1v) is 10.7. The second-order valence-electron chi connectivity index (χ2n) is 7.48. The molecule has 1 atom stereocenters. The molecule has 0 aliphatic carbocycles. The first kappa shape index (κ1) is 18.8. The quantitative estimate of drug-likeness (QED) is 0.883. The summed E-state index contributed by atoms with van der Waals surface area (Å²) in [5.74, 6) is -0.155. The van der Waals surface area contributed by atoms with Crippen molar-refractivity contribution >= 4 is 10.0 Å². The van der Waals surface area contributed by atoms with Gasteiger partial charge in [-0.15, -0.1) is 0 Å². The highest BCUT2D eigenvalue weighted by Crippen LogP contribution is 2.35. The highest BCUT2D eigenvalue weighted by atomic mass is 32.2. The normalized spacial score (nSPS) is 24.5. The Labute approximate surface area is 149 Å². The highest BCUT2D eigenvalue weighted by molar-refractivity contribution is 7.88. The molecule has 2 heterocycles. The van der Waals surface area contributed by atoms with Gasteiger partial charge in [0.15, 0.2) is 0 Å². The fourth-order valence-corrected chi connectivity index (χ4v) is 4.77. The summed E-state index contributed by atoms with van der Waals surface area (Å²) in [6.07, 6.45) is 4.33. The molecule has 7 heteroatoms. The van der Waals surface area contributed by atoms with Gasteiger partial charge in [0, 0.05) is 37.8 Å². The second kappa shape index (κ2) is 7.31. The van der Waals surface area contributed by atoms with E-state index in [2.05, 4.69) is 9.62 Å². The molecule has 5 nitrogen and oxygen atoms in total. The number of benzene rings is 1. The van der Waals surface area contributed by atoms with E-state index in [-0.39, 0.29) is 17.5 Å². The predicted molar refractivity (Wildman–Crippen MR) is 95.3 cm³/mol. The lowest BCUT2D eigenvalue weighted by Crippen LogP contribution is -2.53. The molecule has 3 rings (SSSR count). The number of halogens is 1. The van der Waals surface area contributed by atoms with Crippen LogP contribution in [0.1, 0.15) is 36.8 Å². The van der Waals surface area contributed by atoms with Crippen LogP contribution in [0.2, 0.25) is 0 Å². The van der Waals surface area contributed by atoms with Crippen LogP contribution >= 0.6 is 0 Å². The van der Waals surface area contributed by atoms with Crippen molar-refractivity contribution in [1.29, 1.82) is 0 Å². The molecule has 0 amide bonds. The summed E-state index contributed by atoms with van der Waals surface area (Å²) in [6, 6.07) is 5.17. The van der Waals surface area contributed by atoms with Crippen LogP contribution in [0.5, 0.6) is 0 Å². The summed E-state index contributed by atoms with van der Waals surface area (Å²) >= 11 is 0. The maximum absolute atomic E-state index is 14.0. The van der Waals surface area contributed by atoms with Gasteiger partial charge in [-0.05, 0) is 38.7 Å². The zero-order valence-corrected chi connectivity index (χ0v) is 15.7. The number of hydrogen-bond donors (Lipinski definition) is 1. The Hall–Kier alpha value is -1.02. The Bertz CT molecular complexity index is 715. The Kier molecular flexibility index (Phi) is 5.48. The van der Waals surface area contributed by atoms with Crippen LogP contribution in [-0.2, 0) is 21.3 Å². The van der Waals surface area contributed by atoms with E-state index in [0.717, 1.165) is 37.1 Å². The van der Waals surface area contributed by atoms with Crippen molar-refractivity contribution in [2.75, 3.05) is 26.0 Å². The molecule has 0 aromatic heterocycles. The Morgan fingerprint density at radius 1 is 1.36 bits per heavy atom. The minimum absolute atomic E-state index is 0.0514. The van der Waals surface area contributed by atoms with Crippen LogP contribution in [0.3, 0.4) is 0 Å². The van der Waals surface area contributed by atoms with Crippen molar-refractivity contribution < 1.29 is 17.5 Å². The van der Waals surface area contributed by atoms with E-state index >= 15 is 0 Å². The van der Waals surface area contributed by atoms with Crippen molar-refractivity contribution in [2.24, 2.45) is 0 Å². The number of hydrogen-bond acceptors (Lipinski definition) is 4. The number of rotatable bonds is 4. The van der Waals surface area contributed by atoms with Crippen molar-refractivity contribution in [3.05, 3.63) is 35.1 Å². The van der Waals surface area contributed by atoms with E-state index in [1.165, 1.54) is 12.3 Å². The van der Waals surface area contributed by atoms with E-state index < -0.39 is 10.0 Å². The lowest BCUT2D eigenvalue weighted by atomic mass is 9.82. The van der Waals surface area contributed by atoms with Gasteiger partial charge in [0.2, 0.25) is 10.0 Å². The smallest absolute Gasteiger partial charge is 0.208 e. The maximum atomic E-state index is 14.0. The summed E-state index contributed by atoms with van der Waals surface area (Å²) in [4.78, 5) is 2.25. The number of piperidine rings is 1. The van der Waals surface area contributed by atoms with E-state index in [4.69, 9.17) is 4.74 Å². The topological polar surface area (TPSA) is 58.6 Å². The zero-order chi connectivity index (χ0) is 18.1. The lowest BCUT2D eigenvalue weighted by Gasteiger charge is -2.46. The molecule has 1 spiro atoms. The van der Waals surface area contributed by atoms with Gasteiger partial charge < -0.3 is 4.74 Å². The van der Waals surface area contributed by atoms with Crippen molar-refractivity contribution in [2.45, 2.75) is 50.8 Å². The van der Waals surface area contributed by atoms with Crippen molar-refractivity contribution in [3.63, 3.8) is 0 Å². The molecule has 0 unspecified atom stereocenters.